The molecule has 1 saturated heterocycles. The molecule has 0 amide bonds. The Morgan fingerprint density at radius 1 is 0.760 bits per heavy atom. The van der Waals surface area contributed by atoms with Crippen LogP contribution >= 0.6 is 0 Å². The van der Waals surface area contributed by atoms with Gasteiger partial charge in [-0.15, -0.1) is 0 Å². The molecule has 2 N–H and O–H groups in total. The number of rotatable bonds is 10. The van der Waals surface area contributed by atoms with Crippen molar-refractivity contribution in [3.05, 3.63) is 120 Å². The number of nitrogens with zero attached hydrogens (tertiary/aromatic N) is 7. The highest BCUT2D eigenvalue weighted by Crippen LogP contribution is 2.47. The third-order valence-electron chi connectivity index (χ3n) is 8.59. The number of benzene rings is 2. The lowest BCUT2D eigenvalue weighted by molar-refractivity contribution is -0.207. The summed E-state index contributed by atoms with van der Waals surface area (Å²) in [6.45, 7) is 1.59. The van der Waals surface area contributed by atoms with Crippen molar-refractivity contribution < 1.29 is 40.9 Å². The molecule has 5 aromatic rings. The maximum Gasteiger partial charge on any atom is 0.391 e. The first-order valence-electron chi connectivity index (χ1n) is 15.4. The van der Waals surface area contributed by atoms with E-state index >= 15 is 8.78 Å². The number of hydrogen-bond donors (Lipinski definition) is 2. The number of alkyl halides is 5. The SMILES string of the molecule is OC(CC(F)(F)F)c1ccc(N2CCN(c3ccc(-c4ccc(C(F)(F)C(O)(Cn5cncn5)c5ccc(F)cc5F)nc4)cc3)CC2)cn1. The minimum atomic E-state index is -4.50. The molecule has 0 radical (unpaired) electrons. The molecular weight excluding hydrogens is 671 g/mol. The number of hydrogen-bond acceptors (Lipinski definition) is 8. The molecule has 2 unspecified atom stereocenters. The zero-order valence-corrected chi connectivity index (χ0v) is 26.2. The summed E-state index contributed by atoms with van der Waals surface area (Å²) in [5.74, 6) is -6.52. The Labute approximate surface area is 281 Å². The highest BCUT2D eigenvalue weighted by atomic mass is 19.4. The molecule has 0 aliphatic carbocycles. The highest BCUT2D eigenvalue weighted by Gasteiger charge is 2.58. The summed E-state index contributed by atoms with van der Waals surface area (Å²) in [5.41, 5.74) is -2.12. The van der Waals surface area contributed by atoms with Crippen LogP contribution in [0.15, 0.2) is 91.8 Å². The second-order valence-corrected chi connectivity index (χ2v) is 11.9. The van der Waals surface area contributed by atoms with Crippen LogP contribution in [-0.4, -0.2) is 67.3 Å². The van der Waals surface area contributed by atoms with Crippen LogP contribution in [0.1, 0.15) is 29.5 Å². The predicted octanol–water partition coefficient (Wildman–Crippen LogP) is 6.01. The molecule has 0 bridgehead atoms. The fourth-order valence-corrected chi connectivity index (χ4v) is 5.88. The first-order chi connectivity index (χ1) is 23.7. The Bertz CT molecular complexity index is 1880. The minimum Gasteiger partial charge on any atom is -0.386 e. The maximum atomic E-state index is 16.1. The highest BCUT2D eigenvalue weighted by molar-refractivity contribution is 5.66. The number of halogens is 7. The van der Waals surface area contributed by atoms with E-state index in [4.69, 9.17) is 0 Å². The van der Waals surface area contributed by atoms with Crippen LogP contribution in [-0.2, 0) is 18.1 Å². The van der Waals surface area contributed by atoms with Crippen molar-refractivity contribution in [2.45, 2.75) is 36.8 Å². The molecule has 4 heterocycles. The average molecular weight is 702 g/mol. The van der Waals surface area contributed by atoms with E-state index < -0.39 is 59.7 Å². The van der Waals surface area contributed by atoms with Gasteiger partial charge in [0.15, 0.2) is 5.60 Å². The van der Waals surface area contributed by atoms with E-state index in [1.165, 1.54) is 24.5 Å². The molecule has 0 saturated carbocycles. The molecule has 50 heavy (non-hydrogen) atoms. The van der Waals surface area contributed by atoms with Gasteiger partial charge < -0.3 is 20.0 Å². The molecule has 3 aromatic heterocycles. The predicted molar refractivity (Wildman–Crippen MR) is 168 cm³/mol. The number of piperazine rings is 1. The standard InChI is InChI=1S/C34H30F7N7O2/c35-24-4-8-27(28(36)15-24)32(50,19-48-21-42-20-45-48)34(40,41)31-10-3-23(17-44-31)22-1-5-25(6-2-22)46-11-13-47(14-12-46)26-7-9-29(43-18-26)30(49)16-33(37,38)39/h1-10,15,17-18,20-21,30,49-50H,11-14,16,19H2. The molecule has 0 spiro atoms. The quantitative estimate of drug-likeness (QED) is 0.171. The van der Waals surface area contributed by atoms with Gasteiger partial charge >= 0.3 is 12.1 Å². The molecule has 2 atom stereocenters. The van der Waals surface area contributed by atoms with Crippen molar-refractivity contribution in [3.63, 3.8) is 0 Å². The topological polar surface area (TPSA) is 103 Å². The summed E-state index contributed by atoms with van der Waals surface area (Å²) in [6, 6.07) is 14.8. The van der Waals surface area contributed by atoms with Crippen molar-refractivity contribution in [2.24, 2.45) is 0 Å². The molecule has 1 aliphatic rings. The van der Waals surface area contributed by atoms with E-state index in [1.807, 2.05) is 17.0 Å². The van der Waals surface area contributed by atoms with Crippen LogP contribution in [0.3, 0.4) is 0 Å². The molecule has 1 aliphatic heterocycles. The van der Waals surface area contributed by atoms with Crippen molar-refractivity contribution >= 4 is 11.4 Å². The van der Waals surface area contributed by atoms with Gasteiger partial charge in [0.05, 0.1) is 30.5 Å². The summed E-state index contributed by atoms with van der Waals surface area (Å²) < 4.78 is 99.3. The Kier molecular flexibility index (Phi) is 9.50. The van der Waals surface area contributed by atoms with Gasteiger partial charge in [0.25, 0.3) is 0 Å². The molecular formula is C34H30F7N7O2. The molecule has 6 rings (SSSR count). The maximum absolute atomic E-state index is 16.1. The lowest BCUT2D eigenvalue weighted by atomic mass is 9.84. The summed E-state index contributed by atoms with van der Waals surface area (Å²) in [4.78, 5) is 15.8. The van der Waals surface area contributed by atoms with E-state index in [1.54, 1.807) is 18.2 Å². The van der Waals surface area contributed by atoms with Crippen molar-refractivity contribution in [1.82, 2.24) is 24.7 Å². The number of aliphatic hydroxyl groups is 2. The van der Waals surface area contributed by atoms with Gasteiger partial charge in [-0.25, -0.2) is 18.4 Å². The molecule has 1 fully saturated rings. The third kappa shape index (κ3) is 7.26. The Hall–Kier alpha value is -5.09. The Balaban J connectivity index is 1.12. The molecule has 9 nitrogen and oxygen atoms in total. The fourth-order valence-electron chi connectivity index (χ4n) is 5.88. The van der Waals surface area contributed by atoms with E-state index in [0.29, 0.717) is 43.4 Å². The summed E-state index contributed by atoms with van der Waals surface area (Å²) in [5, 5.41) is 25.0. The van der Waals surface area contributed by atoms with Crippen LogP contribution in [0.25, 0.3) is 11.1 Å². The van der Waals surface area contributed by atoms with E-state index in [9.17, 15) is 32.2 Å². The van der Waals surface area contributed by atoms with Gasteiger partial charge in [-0.1, -0.05) is 18.2 Å². The van der Waals surface area contributed by atoms with Gasteiger partial charge in [0.2, 0.25) is 0 Å². The largest absolute Gasteiger partial charge is 0.391 e. The Morgan fingerprint density at radius 2 is 1.42 bits per heavy atom. The van der Waals surface area contributed by atoms with E-state index in [2.05, 4.69) is 25.0 Å². The smallest absolute Gasteiger partial charge is 0.386 e. The van der Waals surface area contributed by atoms with Gasteiger partial charge in [-0.05, 0) is 48.0 Å². The van der Waals surface area contributed by atoms with Crippen LogP contribution in [0.5, 0.6) is 0 Å². The van der Waals surface area contributed by atoms with Gasteiger partial charge in [-0.2, -0.15) is 27.1 Å². The fraction of sp³-hybridized carbons (Fsp3) is 0.294. The summed E-state index contributed by atoms with van der Waals surface area (Å²) >= 11 is 0. The molecule has 16 heteroatoms. The lowest BCUT2D eigenvalue weighted by Gasteiger charge is -2.37. The molecule has 262 valence electrons. The first-order valence-corrected chi connectivity index (χ1v) is 15.4. The zero-order chi connectivity index (χ0) is 35.7. The van der Waals surface area contributed by atoms with E-state index in [0.717, 1.165) is 46.9 Å². The number of anilines is 2. The van der Waals surface area contributed by atoms with Crippen LogP contribution in [0.2, 0.25) is 0 Å². The van der Waals surface area contributed by atoms with Crippen LogP contribution in [0, 0.1) is 11.6 Å². The number of aromatic nitrogens is 5. The number of pyridine rings is 2. The second-order valence-electron chi connectivity index (χ2n) is 11.9. The zero-order valence-electron chi connectivity index (χ0n) is 26.2. The summed E-state index contributed by atoms with van der Waals surface area (Å²) in [6.07, 6.45) is -2.78. The molecule has 2 aromatic carbocycles. The van der Waals surface area contributed by atoms with Crippen LogP contribution < -0.4 is 9.80 Å². The van der Waals surface area contributed by atoms with Crippen molar-refractivity contribution in [3.8, 4) is 11.1 Å². The average Bonchev–Trinajstić information content (AvgIpc) is 3.60. The van der Waals surface area contributed by atoms with Gasteiger partial charge in [-0.3, -0.25) is 9.97 Å². The summed E-state index contributed by atoms with van der Waals surface area (Å²) in [7, 11) is 0. The van der Waals surface area contributed by atoms with Crippen molar-refractivity contribution in [1.29, 1.82) is 0 Å². The van der Waals surface area contributed by atoms with Gasteiger partial charge in [0.1, 0.15) is 36.1 Å². The monoisotopic (exact) mass is 701 g/mol. The lowest BCUT2D eigenvalue weighted by Crippen LogP contribution is -2.48. The third-order valence-corrected chi connectivity index (χ3v) is 8.59. The minimum absolute atomic E-state index is 0.0478. The van der Waals surface area contributed by atoms with Crippen LogP contribution in [0.4, 0.5) is 42.1 Å². The van der Waals surface area contributed by atoms with E-state index in [-0.39, 0.29) is 5.69 Å². The first kappa shape index (κ1) is 34.8. The van der Waals surface area contributed by atoms with Crippen molar-refractivity contribution in [2.75, 3.05) is 36.0 Å². The normalized spacial score (nSPS) is 15.9. The van der Waals surface area contributed by atoms with Gasteiger partial charge in [0, 0.05) is 55.3 Å². The second kappa shape index (κ2) is 13.7. The number of aliphatic hydroxyl groups excluding tert-OH is 1. The Morgan fingerprint density at radius 3 is 1.98 bits per heavy atom.